The Morgan fingerprint density at radius 3 is 2.00 bits per heavy atom. The molecule has 0 amide bonds. The molecule has 3 rings (SSSR count). The smallest absolute Gasteiger partial charge is 0.122 e. The van der Waals surface area contributed by atoms with E-state index in [0.29, 0.717) is 6.61 Å². The highest BCUT2D eigenvalue weighted by atomic mass is 16.5. The van der Waals surface area contributed by atoms with E-state index in [4.69, 9.17) is 9.72 Å². The van der Waals surface area contributed by atoms with Crippen LogP contribution in [0.2, 0.25) is 0 Å². The number of benzene rings is 2. The summed E-state index contributed by atoms with van der Waals surface area (Å²) in [7, 11) is 0. The molecule has 1 aromatic heterocycles. The number of rotatable bonds is 10. The number of aliphatic hydroxyl groups excluding tert-OH is 1. The quantitative estimate of drug-likeness (QED) is 0.313. The summed E-state index contributed by atoms with van der Waals surface area (Å²) in [5.41, 5.74) is 8.25. The van der Waals surface area contributed by atoms with Gasteiger partial charge in [0.05, 0.1) is 11.8 Å². The lowest BCUT2D eigenvalue weighted by Gasteiger charge is -2.34. The Morgan fingerprint density at radius 2 is 1.50 bits per heavy atom. The van der Waals surface area contributed by atoms with Gasteiger partial charge in [-0.1, -0.05) is 84.4 Å². The van der Waals surface area contributed by atoms with Crippen molar-refractivity contribution < 1.29 is 9.84 Å². The first-order valence-corrected chi connectivity index (χ1v) is 13.5. The lowest BCUT2D eigenvalue weighted by atomic mass is 9.69. The van der Waals surface area contributed by atoms with E-state index in [1.165, 1.54) is 27.8 Å². The van der Waals surface area contributed by atoms with Gasteiger partial charge in [-0.15, -0.1) is 0 Å². The molecule has 1 N–H and O–H groups in total. The van der Waals surface area contributed by atoms with Gasteiger partial charge in [0, 0.05) is 17.2 Å². The zero-order chi connectivity index (χ0) is 26.5. The maximum Gasteiger partial charge on any atom is 0.122 e. The highest BCUT2D eigenvalue weighted by Gasteiger charge is 2.32. The largest absolute Gasteiger partial charge is 0.491 e. The lowest BCUT2D eigenvalue weighted by Crippen LogP contribution is -2.32. The summed E-state index contributed by atoms with van der Waals surface area (Å²) in [6.45, 7) is 17.4. The molecule has 0 aliphatic rings. The first kappa shape index (κ1) is 27.9. The molecule has 3 heteroatoms. The van der Waals surface area contributed by atoms with Gasteiger partial charge in [-0.3, -0.25) is 4.98 Å². The predicted octanol–water partition coefficient (Wildman–Crippen LogP) is 8.21. The molecule has 36 heavy (non-hydrogen) atoms. The van der Waals surface area contributed by atoms with Crippen LogP contribution in [0.4, 0.5) is 0 Å². The third-order valence-electron chi connectivity index (χ3n) is 7.75. The number of aliphatic hydroxyl groups is 1. The fourth-order valence-electron chi connectivity index (χ4n) is 5.03. The lowest BCUT2D eigenvalue weighted by molar-refractivity contribution is 0.0216. The summed E-state index contributed by atoms with van der Waals surface area (Å²) in [5, 5.41) is 10.4. The van der Waals surface area contributed by atoms with Crippen molar-refractivity contribution in [2.24, 2.45) is 5.41 Å². The standard InChI is InChI=1S/C33H45NO2/c1-9-12-25-13-17-29(34-21-25)28-16-14-26(19-23(28)4)33(10-2,11-3)27-15-18-30(24(5)20-27)36-22-31(35)32(6,7)8/h13-21,31,35H,9-12,22H2,1-8H3. The zero-order valence-corrected chi connectivity index (χ0v) is 23.6. The molecule has 0 aliphatic carbocycles. The second-order valence-electron chi connectivity index (χ2n) is 11.3. The highest BCUT2D eigenvalue weighted by molar-refractivity contribution is 5.65. The second kappa shape index (κ2) is 11.6. The Morgan fingerprint density at radius 1 is 0.861 bits per heavy atom. The summed E-state index contributed by atoms with van der Waals surface area (Å²) >= 11 is 0. The molecule has 2 aromatic carbocycles. The van der Waals surface area contributed by atoms with Crippen molar-refractivity contribution in [3.05, 3.63) is 82.5 Å². The van der Waals surface area contributed by atoms with Crippen LogP contribution in [-0.4, -0.2) is 22.8 Å². The van der Waals surface area contributed by atoms with E-state index in [1.807, 2.05) is 27.0 Å². The molecule has 194 valence electrons. The molecule has 0 saturated heterocycles. The molecule has 0 aliphatic heterocycles. The number of pyridine rings is 1. The normalized spacial score (nSPS) is 13.0. The van der Waals surface area contributed by atoms with Crippen LogP contribution in [0.3, 0.4) is 0 Å². The molecule has 3 aromatic rings. The average Bonchev–Trinajstić information content (AvgIpc) is 2.85. The summed E-state index contributed by atoms with van der Waals surface area (Å²) in [6, 6.07) is 17.8. The first-order chi connectivity index (χ1) is 17.1. The molecule has 0 bridgehead atoms. The van der Waals surface area contributed by atoms with Crippen molar-refractivity contribution in [3.8, 4) is 17.0 Å². The van der Waals surface area contributed by atoms with Crippen molar-refractivity contribution >= 4 is 0 Å². The maximum absolute atomic E-state index is 10.4. The SMILES string of the molecule is CCCc1ccc(-c2ccc(C(CC)(CC)c3ccc(OCC(O)C(C)(C)C)c(C)c3)cc2C)nc1. The van der Waals surface area contributed by atoms with E-state index in [2.05, 4.69) is 83.1 Å². The average molecular weight is 488 g/mol. The van der Waals surface area contributed by atoms with Gasteiger partial charge in [-0.05, 0) is 78.5 Å². The van der Waals surface area contributed by atoms with E-state index in [0.717, 1.165) is 42.7 Å². The number of nitrogens with zero attached hydrogens (tertiary/aromatic N) is 1. The van der Waals surface area contributed by atoms with Gasteiger partial charge < -0.3 is 9.84 Å². The number of hydrogen-bond donors (Lipinski definition) is 1. The first-order valence-electron chi connectivity index (χ1n) is 13.5. The van der Waals surface area contributed by atoms with E-state index < -0.39 is 6.10 Å². The van der Waals surface area contributed by atoms with Crippen LogP contribution in [0.5, 0.6) is 5.75 Å². The molecule has 1 heterocycles. The van der Waals surface area contributed by atoms with Gasteiger partial charge in [0.25, 0.3) is 0 Å². The molecular formula is C33H45NO2. The number of ether oxygens (including phenoxy) is 1. The highest BCUT2D eigenvalue weighted by Crippen LogP contribution is 2.41. The Kier molecular flexibility index (Phi) is 9.00. The minimum Gasteiger partial charge on any atom is -0.491 e. The summed E-state index contributed by atoms with van der Waals surface area (Å²) in [5.74, 6) is 0.840. The van der Waals surface area contributed by atoms with Gasteiger partial charge in [0.2, 0.25) is 0 Å². The molecule has 0 fully saturated rings. The molecule has 0 saturated carbocycles. The molecule has 0 spiro atoms. The number of hydrogen-bond acceptors (Lipinski definition) is 3. The fourth-order valence-corrected chi connectivity index (χ4v) is 5.03. The van der Waals surface area contributed by atoms with Crippen molar-refractivity contribution in [2.45, 2.75) is 92.6 Å². The Labute approximate surface area is 219 Å². The maximum atomic E-state index is 10.4. The van der Waals surface area contributed by atoms with Gasteiger partial charge in [-0.25, -0.2) is 0 Å². The molecule has 1 unspecified atom stereocenters. The molecular weight excluding hydrogens is 442 g/mol. The Hall–Kier alpha value is -2.65. The number of aromatic nitrogens is 1. The second-order valence-corrected chi connectivity index (χ2v) is 11.3. The minimum absolute atomic E-state index is 0.0735. The van der Waals surface area contributed by atoms with Crippen molar-refractivity contribution in [1.29, 1.82) is 0 Å². The van der Waals surface area contributed by atoms with Crippen LogP contribution in [0.25, 0.3) is 11.3 Å². The monoisotopic (exact) mass is 487 g/mol. The van der Waals surface area contributed by atoms with Gasteiger partial charge in [0.1, 0.15) is 12.4 Å². The topological polar surface area (TPSA) is 42.4 Å². The van der Waals surface area contributed by atoms with E-state index in [9.17, 15) is 5.11 Å². The van der Waals surface area contributed by atoms with Crippen molar-refractivity contribution in [3.63, 3.8) is 0 Å². The predicted molar refractivity (Wildman–Crippen MR) is 152 cm³/mol. The van der Waals surface area contributed by atoms with Gasteiger partial charge >= 0.3 is 0 Å². The Bertz CT molecular complexity index is 1140. The van der Waals surface area contributed by atoms with Crippen LogP contribution in [0.1, 0.15) is 88.6 Å². The van der Waals surface area contributed by atoms with E-state index in [-0.39, 0.29) is 10.8 Å². The van der Waals surface area contributed by atoms with Crippen LogP contribution < -0.4 is 4.74 Å². The van der Waals surface area contributed by atoms with Crippen LogP contribution >= 0.6 is 0 Å². The van der Waals surface area contributed by atoms with Crippen LogP contribution in [0, 0.1) is 19.3 Å². The van der Waals surface area contributed by atoms with Gasteiger partial charge in [0.15, 0.2) is 0 Å². The summed E-state index contributed by atoms with van der Waals surface area (Å²) in [4.78, 5) is 4.75. The van der Waals surface area contributed by atoms with E-state index >= 15 is 0 Å². The number of aryl methyl sites for hydroxylation is 3. The van der Waals surface area contributed by atoms with Crippen LogP contribution in [-0.2, 0) is 11.8 Å². The van der Waals surface area contributed by atoms with Crippen LogP contribution in [0.15, 0.2) is 54.7 Å². The molecule has 0 radical (unpaired) electrons. The van der Waals surface area contributed by atoms with E-state index in [1.54, 1.807) is 0 Å². The van der Waals surface area contributed by atoms with Crippen molar-refractivity contribution in [1.82, 2.24) is 4.98 Å². The third-order valence-corrected chi connectivity index (χ3v) is 7.75. The molecule has 1 atom stereocenters. The van der Waals surface area contributed by atoms with Gasteiger partial charge in [-0.2, -0.15) is 0 Å². The molecule has 3 nitrogen and oxygen atoms in total. The fraction of sp³-hybridized carbons (Fsp3) is 0.485. The van der Waals surface area contributed by atoms with Crippen molar-refractivity contribution in [2.75, 3.05) is 6.61 Å². The Balaban J connectivity index is 1.91. The minimum atomic E-state index is -0.513. The zero-order valence-electron chi connectivity index (χ0n) is 23.6. The third kappa shape index (κ3) is 6.00. The summed E-state index contributed by atoms with van der Waals surface area (Å²) < 4.78 is 6.02. The summed E-state index contributed by atoms with van der Waals surface area (Å²) in [6.07, 6.45) is 5.73.